The van der Waals surface area contributed by atoms with Gasteiger partial charge in [0.25, 0.3) is 0 Å². The molecule has 0 saturated heterocycles. The molecule has 0 aromatic heterocycles. The number of halogens is 3. The zero-order valence-electron chi connectivity index (χ0n) is 14.0. The molecule has 26 heavy (non-hydrogen) atoms. The summed E-state index contributed by atoms with van der Waals surface area (Å²) in [6.07, 6.45) is 0.342. The van der Waals surface area contributed by atoms with Crippen LogP contribution >= 0.6 is 0 Å². The predicted octanol–water partition coefficient (Wildman–Crippen LogP) is 3.34. The summed E-state index contributed by atoms with van der Waals surface area (Å²) >= 11 is 0. The fraction of sp³-hybridized carbons (Fsp3) is 0.263. The molecule has 136 valence electrons. The molecule has 2 unspecified atom stereocenters. The van der Waals surface area contributed by atoms with Crippen molar-refractivity contribution in [3.05, 3.63) is 65.5 Å². The number of benzene rings is 2. The van der Waals surface area contributed by atoms with Gasteiger partial charge >= 0.3 is 0 Å². The van der Waals surface area contributed by atoms with Crippen molar-refractivity contribution in [2.24, 2.45) is 11.8 Å². The summed E-state index contributed by atoms with van der Waals surface area (Å²) in [5, 5.41) is 2.22. The number of nitrogens with zero attached hydrogens (tertiary/aromatic N) is 1. The third-order valence-corrected chi connectivity index (χ3v) is 4.38. The van der Waals surface area contributed by atoms with Crippen molar-refractivity contribution in [1.82, 2.24) is 4.90 Å². The molecule has 0 radical (unpaired) electrons. The minimum atomic E-state index is -1.64. The van der Waals surface area contributed by atoms with Gasteiger partial charge in [-0.05, 0) is 24.1 Å². The Morgan fingerprint density at radius 1 is 1.04 bits per heavy atom. The standard InChI is InChI=1S/C19H17F3N2O2/c1-24(10-11-5-3-2-4-6-11)19(26)13-9-12(13)18(25)23-15-8-7-14(20)16(21)17(15)22/h2-8,12-13H,9-10H2,1H3,(H,23,25). The van der Waals surface area contributed by atoms with Crippen LogP contribution in [0, 0.1) is 29.3 Å². The molecule has 2 amide bonds. The lowest BCUT2D eigenvalue weighted by Crippen LogP contribution is -2.29. The molecule has 7 heteroatoms. The van der Waals surface area contributed by atoms with E-state index in [1.54, 1.807) is 7.05 Å². The van der Waals surface area contributed by atoms with E-state index in [1.165, 1.54) is 4.90 Å². The van der Waals surface area contributed by atoms with Crippen LogP contribution in [0.5, 0.6) is 0 Å². The first-order valence-electron chi connectivity index (χ1n) is 8.11. The Balaban J connectivity index is 1.58. The third-order valence-electron chi connectivity index (χ3n) is 4.38. The molecule has 4 nitrogen and oxygen atoms in total. The topological polar surface area (TPSA) is 49.4 Å². The maximum Gasteiger partial charge on any atom is 0.228 e. The average Bonchev–Trinajstić information content (AvgIpc) is 3.43. The fourth-order valence-corrected chi connectivity index (χ4v) is 2.82. The Labute approximate surface area is 148 Å². The van der Waals surface area contributed by atoms with E-state index >= 15 is 0 Å². The van der Waals surface area contributed by atoms with Crippen LogP contribution in [0.15, 0.2) is 42.5 Å². The second-order valence-electron chi connectivity index (χ2n) is 6.34. The third kappa shape index (κ3) is 3.71. The van der Waals surface area contributed by atoms with Gasteiger partial charge in [0.05, 0.1) is 17.5 Å². The summed E-state index contributed by atoms with van der Waals surface area (Å²) in [6, 6.07) is 11.1. The molecule has 1 N–H and O–H groups in total. The second kappa shape index (κ2) is 7.19. The van der Waals surface area contributed by atoms with E-state index in [4.69, 9.17) is 0 Å². The van der Waals surface area contributed by atoms with Crippen LogP contribution in [0.3, 0.4) is 0 Å². The Kier molecular flexibility index (Phi) is 4.97. The van der Waals surface area contributed by atoms with Gasteiger partial charge in [0, 0.05) is 13.6 Å². The molecule has 0 spiro atoms. The molecular weight excluding hydrogens is 345 g/mol. The number of anilines is 1. The molecule has 1 aliphatic carbocycles. The number of amides is 2. The zero-order valence-corrected chi connectivity index (χ0v) is 14.0. The maximum atomic E-state index is 13.6. The number of rotatable bonds is 5. The molecule has 3 rings (SSSR count). The van der Waals surface area contributed by atoms with Gasteiger partial charge in [-0.15, -0.1) is 0 Å². The highest BCUT2D eigenvalue weighted by Crippen LogP contribution is 2.41. The highest BCUT2D eigenvalue weighted by atomic mass is 19.2. The lowest BCUT2D eigenvalue weighted by atomic mass is 10.2. The van der Waals surface area contributed by atoms with E-state index in [1.807, 2.05) is 30.3 Å². The Morgan fingerprint density at radius 2 is 1.73 bits per heavy atom. The van der Waals surface area contributed by atoms with E-state index in [-0.39, 0.29) is 5.91 Å². The molecule has 0 bridgehead atoms. The van der Waals surface area contributed by atoms with E-state index in [9.17, 15) is 22.8 Å². The molecule has 2 aromatic carbocycles. The minimum Gasteiger partial charge on any atom is -0.341 e. The van der Waals surface area contributed by atoms with Crippen molar-refractivity contribution in [3.63, 3.8) is 0 Å². The van der Waals surface area contributed by atoms with Crippen LogP contribution in [-0.4, -0.2) is 23.8 Å². The van der Waals surface area contributed by atoms with Crippen molar-refractivity contribution in [2.75, 3.05) is 12.4 Å². The first-order chi connectivity index (χ1) is 12.4. The summed E-state index contributed by atoms with van der Waals surface area (Å²) in [6.45, 7) is 0.419. The van der Waals surface area contributed by atoms with Crippen LogP contribution in [-0.2, 0) is 16.1 Å². The van der Waals surface area contributed by atoms with Crippen molar-refractivity contribution in [1.29, 1.82) is 0 Å². The van der Waals surface area contributed by atoms with Gasteiger partial charge in [0.2, 0.25) is 11.8 Å². The molecular formula is C19H17F3N2O2. The lowest BCUT2D eigenvalue weighted by molar-refractivity contribution is -0.133. The van der Waals surface area contributed by atoms with E-state index in [0.29, 0.717) is 13.0 Å². The quantitative estimate of drug-likeness (QED) is 0.830. The van der Waals surface area contributed by atoms with Gasteiger partial charge in [-0.25, -0.2) is 13.2 Å². The normalized spacial score (nSPS) is 18.3. The van der Waals surface area contributed by atoms with Crippen molar-refractivity contribution in [2.45, 2.75) is 13.0 Å². The number of carbonyl (C=O) groups is 2. The predicted molar refractivity (Wildman–Crippen MR) is 89.5 cm³/mol. The summed E-state index contributed by atoms with van der Waals surface area (Å²) < 4.78 is 39.8. The zero-order chi connectivity index (χ0) is 18.8. The van der Waals surface area contributed by atoms with E-state index in [0.717, 1.165) is 17.7 Å². The monoisotopic (exact) mass is 362 g/mol. The smallest absolute Gasteiger partial charge is 0.228 e. The SMILES string of the molecule is CN(Cc1ccccc1)C(=O)C1CC1C(=O)Nc1ccc(F)c(F)c1F. The Bertz CT molecular complexity index is 842. The van der Waals surface area contributed by atoms with Gasteiger partial charge in [-0.3, -0.25) is 9.59 Å². The first-order valence-corrected chi connectivity index (χ1v) is 8.11. The van der Waals surface area contributed by atoms with E-state index < -0.39 is 40.9 Å². The van der Waals surface area contributed by atoms with Gasteiger partial charge < -0.3 is 10.2 Å². The molecule has 1 fully saturated rings. The highest BCUT2D eigenvalue weighted by molar-refractivity contribution is 5.99. The van der Waals surface area contributed by atoms with Crippen LogP contribution in [0.2, 0.25) is 0 Å². The second-order valence-corrected chi connectivity index (χ2v) is 6.34. The van der Waals surface area contributed by atoms with Crippen LogP contribution in [0.1, 0.15) is 12.0 Å². The number of carbonyl (C=O) groups excluding carboxylic acids is 2. The maximum absolute atomic E-state index is 13.6. The lowest BCUT2D eigenvalue weighted by Gasteiger charge is -2.17. The summed E-state index contributed by atoms with van der Waals surface area (Å²) in [5.74, 6) is -6.29. The molecule has 2 aromatic rings. The summed E-state index contributed by atoms with van der Waals surface area (Å²) in [5.41, 5.74) is 0.526. The first kappa shape index (κ1) is 18.0. The fourth-order valence-electron chi connectivity index (χ4n) is 2.82. The van der Waals surface area contributed by atoms with Gasteiger partial charge in [0.15, 0.2) is 17.5 Å². The number of nitrogens with one attached hydrogen (secondary N) is 1. The number of hydrogen-bond donors (Lipinski definition) is 1. The van der Waals surface area contributed by atoms with Crippen LogP contribution in [0.25, 0.3) is 0 Å². The van der Waals surface area contributed by atoms with Crippen molar-refractivity contribution < 1.29 is 22.8 Å². The van der Waals surface area contributed by atoms with Crippen LogP contribution in [0.4, 0.5) is 18.9 Å². The van der Waals surface area contributed by atoms with Crippen LogP contribution < -0.4 is 5.32 Å². The van der Waals surface area contributed by atoms with Gasteiger partial charge in [-0.2, -0.15) is 0 Å². The highest BCUT2D eigenvalue weighted by Gasteiger charge is 2.49. The minimum absolute atomic E-state index is 0.181. The van der Waals surface area contributed by atoms with Crippen molar-refractivity contribution in [3.8, 4) is 0 Å². The Hall–Kier alpha value is -2.83. The molecule has 2 atom stereocenters. The summed E-state index contributed by atoms with van der Waals surface area (Å²) in [7, 11) is 1.65. The van der Waals surface area contributed by atoms with Gasteiger partial charge in [0.1, 0.15) is 0 Å². The molecule has 0 heterocycles. The molecule has 0 aliphatic heterocycles. The van der Waals surface area contributed by atoms with E-state index in [2.05, 4.69) is 5.32 Å². The summed E-state index contributed by atoms with van der Waals surface area (Å²) in [4.78, 5) is 26.1. The molecule has 1 saturated carbocycles. The Morgan fingerprint density at radius 3 is 2.42 bits per heavy atom. The largest absolute Gasteiger partial charge is 0.341 e. The molecule has 1 aliphatic rings. The van der Waals surface area contributed by atoms with Gasteiger partial charge in [-0.1, -0.05) is 30.3 Å². The average molecular weight is 362 g/mol. The number of hydrogen-bond acceptors (Lipinski definition) is 2. The van der Waals surface area contributed by atoms with Crippen molar-refractivity contribution >= 4 is 17.5 Å².